The van der Waals surface area contributed by atoms with Crippen molar-refractivity contribution in [3.05, 3.63) is 12.2 Å². The molecule has 2 N–H and O–H groups in total. The summed E-state index contributed by atoms with van der Waals surface area (Å²) in [4.78, 5) is 12.6. The van der Waals surface area contributed by atoms with E-state index < -0.39 is 6.10 Å². The molecule has 6 atom stereocenters. The summed E-state index contributed by atoms with van der Waals surface area (Å²) < 4.78 is 0. The summed E-state index contributed by atoms with van der Waals surface area (Å²) in [6, 6.07) is 0. The van der Waals surface area contributed by atoms with Crippen LogP contribution in [0.3, 0.4) is 0 Å². The van der Waals surface area contributed by atoms with Crippen LogP contribution >= 0.6 is 0 Å². The number of carbonyl (C=O) groups excluding carboxylic acids is 1. The molecular formula is C20H30O3. The van der Waals surface area contributed by atoms with E-state index in [1.165, 1.54) is 0 Å². The van der Waals surface area contributed by atoms with Crippen molar-refractivity contribution < 1.29 is 15.0 Å². The van der Waals surface area contributed by atoms with E-state index in [-0.39, 0.29) is 34.1 Å². The molecule has 4 aliphatic carbocycles. The first-order valence-electron chi connectivity index (χ1n) is 9.21. The number of rotatable bonds is 1. The minimum atomic E-state index is -0.821. The van der Waals surface area contributed by atoms with E-state index in [1.54, 1.807) is 0 Å². The van der Waals surface area contributed by atoms with Crippen molar-refractivity contribution in [1.29, 1.82) is 0 Å². The van der Waals surface area contributed by atoms with Gasteiger partial charge in [-0.05, 0) is 54.8 Å². The highest BCUT2D eigenvalue weighted by Gasteiger charge is 2.67. The fraction of sp³-hybridized carbons (Fsp3) is 0.850. The molecule has 3 heteroatoms. The third-order valence-electron chi connectivity index (χ3n) is 8.26. The molecule has 4 aliphatic rings. The number of aliphatic hydroxyl groups excluding tert-OH is 2. The van der Waals surface area contributed by atoms with Gasteiger partial charge in [-0.1, -0.05) is 32.9 Å². The van der Waals surface area contributed by atoms with Crippen LogP contribution in [0.25, 0.3) is 0 Å². The van der Waals surface area contributed by atoms with Crippen LogP contribution in [0.5, 0.6) is 0 Å². The monoisotopic (exact) mass is 318 g/mol. The molecule has 0 amide bonds. The minimum absolute atomic E-state index is 0.0273. The average Bonchev–Trinajstić information content (AvgIpc) is 2.77. The van der Waals surface area contributed by atoms with Crippen molar-refractivity contribution in [3.63, 3.8) is 0 Å². The number of hydrogen-bond donors (Lipinski definition) is 2. The summed E-state index contributed by atoms with van der Waals surface area (Å²) >= 11 is 0. The van der Waals surface area contributed by atoms with Crippen LogP contribution in [-0.4, -0.2) is 28.7 Å². The second kappa shape index (κ2) is 4.49. The molecule has 2 bridgehead atoms. The molecule has 0 aromatic rings. The molecule has 3 fully saturated rings. The van der Waals surface area contributed by atoms with Gasteiger partial charge in [0.2, 0.25) is 0 Å². The lowest BCUT2D eigenvalue weighted by molar-refractivity contribution is -0.197. The standard InChI is InChI=1S/C20H30O3/c1-17(2)10-13(22)16(23)18(3)14(17)5-7-20-9-8-19(11-20,12-21)6-4-15(18)20/h8-9,14-16,21,23H,4-7,10-12H2,1-3H3. The van der Waals surface area contributed by atoms with E-state index in [2.05, 4.69) is 32.9 Å². The zero-order chi connectivity index (χ0) is 16.7. The Morgan fingerprint density at radius 2 is 1.83 bits per heavy atom. The SMILES string of the molecule is CC1(C)CC(=O)C(O)C2(C)C1CCC13C=CC(CO)(CCC12)C3. The van der Waals surface area contributed by atoms with Crippen molar-refractivity contribution in [2.75, 3.05) is 6.61 Å². The highest BCUT2D eigenvalue weighted by Crippen LogP contribution is 2.71. The van der Waals surface area contributed by atoms with Crippen LogP contribution < -0.4 is 0 Å². The Morgan fingerprint density at radius 1 is 1.13 bits per heavy atom. The fourth-order valence-electron chi connectivity index (χ4n) is 7.31. The second-order valence-corrected chi connectivity index (χ2v) is 9.85. The zero-order valence-corrected chi connectivity index (χ0v) is 14.6. The largest absolute Gasteiger partial charge is 0.395 e. The highest BCUT2D eigenvalue weighted by atomic mass is 16.3. The lowest BCUT2D eigenvalue weighted by Gasteiger charge is -2.65. The van der Waals surface area contributed by atoms with Gasteiger partial charge in [0.15, 0.2) is 5.78 Å². The topological polar surface area (TPSA) is 57.5 Å². The number of Topliss-reactive ketones (excluding diaryl/α,β-unsaturated/α-hetero) is 1. The Kier molecular flexibility index (Phi) is 3.09. The van der Waals surface area contributed by atoms with Gasteiger partial charge in [-0.3, -0.25) is 4.79 Å². The number of hydrogen-bond acceptors (Lipinski definition) is 3. The highest BCUT2D eigenvalue weighted by molar-refractivity contribution is 5.85. The second-order valence-electron chi connectivity index (χ2n) is 9.85. The van der Waals surface area contributed by atoms with Gasteiger partial charge in [0.05, 0.1) is 6.61 Å². The van der Waals surface area contributed by atoms with Crippen LogP contribution in [0.1, 0.15) is 59.3 Å². The molecule has 3 nitrogen and oxygen atoms in total. The number of fused-ring (bicyclic) bond motifs is 3. The molecule has 128 valence electrons. The maximum atomic E-state index is 12.6. The van der Waals surface area contributed by atoms with Crippen molar-refractivity contribution in [2.45, 2.75) is 65.4 Å². The van der Waals surface area contributed by atoms with Crippen LogP contribution in [0.2, 0.25) is 0 Å². The first kappa shape index (κ1) is 15.8. The predicted octanol–water partition coefficient (Wildman–Crippen LogP) is 3.10. The smallest absolute Gasteiger partial charge is 0.162 e. The first-order chi connectivity index (χ1) is 10.7. The van der Waals surface area contributed by atoms with Crippen LogP contribution in [0.4, 0.5) is 0 Å². The van der Waals surface area contributed by atoms with Gasteiger partial charge >= 0.3 is 0 Å². The van der Waals surface area contributed by atoms with E-state index in [9.17, 15) is 15.0 Å². The van der Waals surface area contributed by atoms with Gasteiger partial charge in [0.25, 0.3) is 0 Å². The first-order valence-corrected chi connectivity index (χ1v) is 9.21. The van der Waals surface area contributed by atoms with Gasteiger partial charge in [-0.25, -0.2) is 0 Å². The van der Waals surface area contributed by atoms with E-state index in [0.717, 1.165) is 32.1 Å². The maximum absolute atomic E-state index is 12.6. The maximum Gasteiger partial charge on any atom is 0.162 e. The Hall–Kier alpha value is -0.670. The van der Waals surface area contributed by atoms with Gasteiger partial charge in [-0.2, -0.15) is 0 Å². The Labute approximate surface area is 139 Å². The normalized spacial score (nSPS) is 53.8. The Morgan fingerprint density at radius 3 is 2.52 bits per heavy atom. The van der Waals surface area contributed by atoms with Crippen LogP contribution in [-0.2, 0) is 4.79 Å². The minimum Gasteiger partial charge on any atom is -0.395 e. The molecule has 0 radical (unpaired) electrons. The summed E-state index contributed by atoms with van der Waals surface area (Å²) in [6.45, 7) is 6.84. The summed E-state index contributed by atoms with van der Waals surface area (Å²) in [7, 11) is 0. The van der Waals surface area contributed by atoms with E-state index in [4.69, 9.17) is 0 Å². The van der Waals surface area contributed by atoms with Crippen LogP contribution in [0, 0.1) is 33.5 Å². The molecule has 6 unspecified atom stereocenters. The molecule has 0 aromatic carbocycles. The molecule has 4 rings (SSSR count). The molecule has 23 heavy (non-hydrogen) atoms. The Balaban J connectivity index is 1.79. The van der Waals surface area contributed by atoms with Crippen molar-refractivity contribution in [3.8, 4) is 0 Å². The number of ketones is 1. The lowest BCUT2D eigenvalue weighted by atomic mass is 9.39. The molecule has 0 aromatic heterocycles. The average molecular weight is 318 g/mol. The number of aliphatic hydroxyl groups is 2. The van der Waals surface area contributed by atoms with Gasteiger partial charge < -0.3 is 10.2 Å². The molecule has 0 heterocycles. The van der Waals surface area contributed by atoms with E-state index in [1.807, 2.05) is 0 Å². The molecule has 3 saturated carbocycles. The van der Waals surface area contributed by atoms with E-state index >= 15 is 0 Å². The fourth-order valence-corrected chi connectivity index (χ4v) is 7.31. The van der Waals surface area contributed by atoms with Gasteiger partial charge in [0.1, 0.15) is 6.10 Å². The molecular weight excluding hydrogens is 288 g/mol. The van der Waals surface area contributed by atoms with Crippen molar-refractivity contribution >= 4 is 5.78 Å². The third-order valence-corrected chi connectivity index (χ3v) is 8.26. The molecule has 1 spiro atoms. The quantitative estimate of drug-likeness (QED) is 0.731. The number of carbonyl (C=O) groups is 1. The van der Waals surface area contributed by atoms with Crippen molar-refractivity contribution in [1.82, 2.24) is 0 Å². The molecule has 0 saturated heterocycles. The van der Waals surface area contributed by atoms with Gasteiger partial charge in [0, 0.05) is 17.3 Å². The predicted molar refractivity (Wildman–Crippen MR) is 88.7 cm³/mol. The summed E-state index contributed by atoms with van der Waals surface area (Å²) in [5.41, 5.74) is -0.312. The van der Waals surface area contributed by atoms with Crippen molar-refractivity contribution in [2.24, 2.45) is 33.5 Å². The van der Waals surface area contributed by atoms with E-state index in [0.29, 0.717) is 18.3 Å². The molecule has 0 aliphatic heterocycles. The third kappa shape index (κ3) is 1.81. The Bertz CT molecular complexity index is 579. The zero-order valence-electron chi connectivity index (χ0n) is 14.6. The summed E-state index contributed by atoms with van der Waals surface area (Å²) in [5, 5.41) is 20.8. The summed E-state index contributed by atoms with van der Waals surface area (Å²) in [6.07, 6.45) is 9.50. The lowest BCUT2D eigenvalue weighted by Crippen LogP contribution is -2.64. The number of allylic oxidation sites excluding steroid dienone is 1. The van der Waals surface area contributed by atoms with Gasteiger partial charge in [-0.15, -0.1) is 0 Å². The summed E-state index contributed by atoms with van der Waals surface area (Å²) in [5.74, 6) is 0.784. The van der Waals surface area contributed by atoms with Crippen LogP contribution in [0.15, 0.2) is 12.2 Å².